The smallest absolute Gasteiger partial charge is 0.543 e. The van der Waals surface area contributed by atoms with Gasteiger partial charge < -0.3 is 24.4 Å². The summed E-state index contributed by atoms with van der Waals surface area (Å²) < 4.78 is 2.28. The van der Waals surface area contributed by atoms with Crippen molar-refractivity contribution in [3.63, 3.8) is 0 Å². The molecule has 0 radical (unpaired) electrons. The van der Waals surface area contributed by atoms with Crippen LogP contribution >= 0.6 is 11.8 Å². The zero-order valence-electron chi connectivity index (χ0n) is 11.4. The summed E-state index contributed by atoms with van der Waals surface area (Å²) >= 11 is 1.88. The second kappa shape index (κ2) is 13.2. The SMILES string of the molecule is CCCCn1ccnc1CCSC.O=C([O-])C(=O)[O-].[Pt+2]. The van der Waals surface area contributed by atoms with E-state index >= 15 is 0 Å². The first-order chi connectivity index (χ1) is 9.02. The average molecular weight is 481 g/mol. The third kappa shape index (κ3) is 10.0. The topological polar surface area (TPSA) is 98.1 Å². The Hall–Kier alpha value is -0.812. The Morgan fingerprint density at radius 2 is 1.95 bits per heavy atom. The minimum Gasteiger partial charge on any atom is -0.543 e. The molecule has 0 aliphatic rings. The first kappa shape index (κ1) is 21.5. The number of rotatable bonds is 6. The fourth-order valence-electron chi connectivity index (χ4n) is 1.29. The van der Waals surface area contributed by atoms with Gasteiger partial charge in [0.15, 0.2) is 0 Å². The van der Waals surface area contributed by atoms with Gasteiger partial charge in [0.1, 0.15) is 5.82 Å². The van der Waals surface area contributed by atoms with E-state index in [4.69, 9.17) is 19.8 Å². The molecule has 0 saturated heterocycles. The number of unbranched alkanes of at least 4 members (excludes halogenated alkanes) is 1. The quantitative estimate of drug-likeness (QED) is 0.488. The van der Waals surface area contributed by atoms with Gasteiger partial charge in [0.2, 0.25) is 0 Å². The van der Waals surface area contributed by atoms with E-state index in [1.54, 1.807) is 0 Å². The Morgan fingerprint density at radius 1 is 1.35 bits per heavy atom. The van der Waals surface area contributed by atoms with E-state index in [1.165, 1.54) is 24.4 Å². The Bertz CT molecular complexity index is 364. The number of carbonyl (C=O) groups is 2. The van der Waals surface area contributed by atoms with Gasteiger partial charge in [0.05, 0.1) is 11.9 Å². The molecular formula is C12H18N2O4PtS. The number of nitrogens with zero attached hydrogens (tertiary/aromatic N) is 2. The van der Waals surface area contributed by atoms with Gasteiger partial charge in [-0.25, -0.2) is 4.98 Å². The molecule has 1 heterocycles. The van der Waals surface area contributed by atoms with Crippen molar-refractivity contribution in [2.75, 3.05) is 12.0 Å². The summed E-state index contributed by atoms with van der Waals surface area (Å²) in [6, 6.07) is 0. The van der Waals surface area contributed by atoms with E-state index in [0.29, 0.717) is 0 Å². The van der Waals surface area contributed by atoms with Crippen LogP contribution in [-0.4, -0.2) is 33.5 Å². The number of carboxylic acid groups (broad SMARTS) is 2. The fourth-order valence-corrected chi connectivity index (χ4v) is 1.68. The predicted molar refractivity (Wildman–Crippen MR) is 69.2 cm³/mol. The zero-order chi connectivity index (χ0) is 14.7. The monoisotopic (exact) mass is 481 g/mol. The van der Waals surface area contributed by atoms with Crippen LogP contribution in [0, 0.1) is 0 Å². The molecule has 0 aromatic carbocycles. The number of hydrogen-bond donors (Lipinski definition) is 0. The molecular weight excluding hydrogens is 463 g/mol. The van der Waals surface area contributed by atoms with Crippen molar-refractivity contribution in [1.82, 2.24) is 9.55 Å². The number of carbonyl (C=O) groups excluding carboxylic acids is 2. The summed E-state index contributed by atoms with van der Waals surface area (Å²) in [5.74, 6) is -1.96. The Kier molecular flexibility index (Phi) is 14.2. The fraction of sp³-hybridized carbons (Fsp3) is 0.583. The maximum absolute atomic E-state index is 8.93. The third-order valence-corrected chi connectivity index (χ3v) is 2.86. The van der Waals surface area contributed by atoms with Crippen molar-refractivity contribution < 1.29 is 40.9 Å². The van der Waals surface area contributed by atoms with Crippen LogP contribution in [0.25, 0.3) is 0 Å². The minimum atomic E-state index is -2.19. The van der Waals surface area contributed by atoms with Crippen molar-refractivity contribution in [3.8, 4) is 0 Å². The van der Waals surface area contributed by atoms with Crippen LogP contribution in [0.3, 0.4) is 0 Å². The molecule has 1 aromatic heterocycles. The molecule has 0 aliphatic carbocycles. The summed E-state index contributed by atoms with van der Waals surface area (Å²) in [4.78, 5) is 22.2. The number of imidazole rings is 1. The van der Waals surface area contributed by atoms with Crippen LogP contribution in [0.2, 0.25) is 0 Å². The molecule has 0 saturated carbocycles. The van der Waals surface area contributed by atoms with Crippen LogP contribution in [0.15, 0.2) is 12.4 Å². The summed E-state index contributed by atoms with van der Waals surface area (Å²) in [5, 5.41) is 17.9. The van der Waals surface area contributed by atoms with Crippen molar-refractivity contribution in [1.29, 1.82) is 0 Å². The van der Waals surface area contributed by atoms with Crippen LogP contribution in [0.4, 0.5) is 0 Å². The number of hydrogen-bond acceptors (Lipinski definition) is 6. The molecule has 20 heavy (non-hydrogen) atoms. The number of aliphatic carboxylic acids is 2. The largest absolute Gasteiger partial charge is 2.00 e. The summed E-state index contributed by atoms with van der Waals surface area (Å²) in [5.41, 5.74) is 0. The molecule has 0 aliphatic heterocycles. The van der Waals surface area contributed by atoms with Crippen LogP contribution in [0.1, 0.15) is 25.6 Å². The van der Waals surface area contributed by atoms with Gasteiger partial charge in [-0.2, -0.15) is 11.8 Å². The number of thioether (sulfide) groups is 1. The normalized spacial score (nSPS) is 9.10. The summed E-state index contributed by atoms with van der Waals surface area (Å²) in [6.45, 7) is 3.35. The van der Waals surface area contributed by atoms with Gasteiger partial charge in [0.25, 0.3) is 0 Å². The van der Waals surface area contributed by atoms with Gasteiger partial charge in [-0.05, 0) is 12.7 Å². The molecule has 0 amide bonds. The molecule has 0 spiro atoms. The molecule has 0 N–H and O–H groups in total. The van der Waals surface area contributed by atoms with Crippen molar-refractivity contribution in [2.45, 2.75) is 32.7 Å². The summed E-state index contributed by atoms with van der Waals surface area (Å²) in [7, 11) is 0. The van der Waals surface area contributed by atoms with E-state index in [9.17, 15) is 0 Å². The maximum atomic E-state index is 8.93. The Balaban J connectivity index is 0. The molecule has 1 rings (SSSR count). The number of aryl methyl sites for hydroxylation is 2. The molecule has 0 bridgehead atoms. The zero-order valence-corrected chi connectivity index (χ0v) is 14.5. The molecule has 116 valence electrons. The molecule has 1 aromatic rings. The van der Waals surface area contributed by atoms with Gasteiger partial charge in [-0.1, -0.05) is 13.3 Å². The van der Waals surface area contributed by atoms with Crippen molar-refractivity contribution >= 4 is 23.7 Å². The predicted octanol–water partition coefficient (Wildman–Crippen LogP) is -0.928. The maximum Gasteiger partial charge on any atom is 2.00 e. The van der Waals surface area contributed by atoms with E-state index in [-0.39, 0.29) is 21.1 Å². The molecule has 6 nitrogen and oxygen atoms in total. The second-order valence-electron chi connectivity index (χ2n) is 3.71. The van der Waals surface area contributed by atoms with E-state index in [1.807, 2.05) is 18.0 Å². The first-order valence-electron chi connectivity index (χ1n) is 5.94. The van der Waals surface area contributed by atoms with Crippen LogP contribution < -0.4 is 10.2 Å². The van der Waals surface area contributed by atoms with Gasteiger partial charge in [0, 0.05) is 31.1 Å². The van der Waals surface area contributed by atoms with Gasteiger partial charge >= 0.3 is 21.1 Å². The van der Waals surface area contributed by atoms with E-state index in [0.717, 1.165) is 13.0 Å². The number of aromatic nitrogens is 2. The minimum absolute atomic E-state index is 0. The van der Waals surface area contributed by atoms with Crippen LogP contribution in [0.5, 0.6) is 0 Å². The van der Waals surface area contributed by atoms with Gasteiger partial charge in [-0.15, -0.1) is 0 Å². The van der Waals surface area contributed by atoms with E-state index in [2.05, 4.69) is 28.9 Å². The summed E-state index contributed by atoms with van der Waals surface area (Å²) in [6.07, 6.45) is 9.73. The Labute approximate surface area is 137 Å². The standard InChI is InChI=1S/C10H18N2S.C2H2O4.Pt/c1-3-4-7-12-8-6-11-10(12)5-9-13-2;3-1(4)2(5)6;/h6,8H,3-5,7,9H2,1-2H3;(H,3,4)(H,5,6);/q;;+2/p-2. The van der Waals surface area contributed by atoms with Gasteiger partial charge in [-0.3, -0.25) is 0 Å². The van der Waals surface area contributed by atoms with E-state index < -0.39 is 11.9 Å². The van der Waals surface area contributed by atoms with Crippen molar-refractivity contribution in [2.24, 2.45) is 0 Å². The Morgan fingerprint density at radius 3 is 2.40 bits per heavy atom. The number of carboxylic acids is 2. The average Bonchev–Trinajstić information content (AvgIpc) is 2.81. The molecule has 0 fully saturated rings. The third-order valence-electron chi connectivity index (χ3n) is 2.25. The molecule has 0 unspecified atom stereocenters. The first-order valence-corrected chi connectivity index (χ1v) is 7.33. The van der Waals surface area contributed by atoms with Crippen LogP contribution in [-0.2, 0) is 43.6 Å². The molecule has 0 atom stereocenters. The van der Waals surface area contributed by atoms with Crippen molar-refractivity contribution in [3.05, 3.63) is 18.2 Å². The second-order valence-corrected chi connectivity index (χ2v) is 4.69. The molecule has 8 heteroatoms.